The van der Waals surface area contributed by atoms with E-state index in [-0.39, 0.29) is 6.10 Å². The number of rotatable bonds is 13. The molecule has 140 valence electrons. The monoisotopic (exact) mass is 364 g/mol. The first-order chi connectivity index (χ1) is 12.0. The Morgan fingerprint density at radius 1 is 1.20 bits per heavy atom. The van der Waals surface area contributed by atoms with Crippen molar-refractivity contribution >= 4 is 8.07 Å². The lowest BCUT2D eigenvalue weighted by atomic mass is 10.2. The van der Waals surface area contributed by atoms with Crippen LogP contribution in [0, 0.1) is 0 Å². The Morgan fingerprint density at radius 2 is 1.96 bits per heavy atom. The maximum absolute atomic E-state index is 5.84. The number of epoxide rings is 1. The second-order valence-corrected chi connectivity index (χ2v) is 13.3. The highest BCUT2D eigenvalue weighted by Gasteiger charge is 2.20. The second kappa shape index (κ2) is 10.9. The molecule has 1 aromatic carbocycles. The van der Waals surface area contributed by atoms with Crippen LogP contribution in [0.25, 0.3) is 0 Å². The highest BCUT2D eigenvalue weighted by molar-refractivity contribution is 6.76. The van der Waals surface area contributed by atoms with Gasteiger partial charge in [-0.15, -0.1) is 0 Å². The fourth-order valence-electron chi connectivity index (χ4n) is 2.19. The summed E-state index contributed by atoms with van der Waals surface area (Å²) in [6, 6.07) is 11.3. The van der Waals surface area contributed by atoms with Gasteiger partial charge in [-0.3, -0.25) is 0 Å². The number of ether oxygens (including phenoxy) is 4. The summed E-state index contributed by atoms with van der Waals surface area (Å²) in [7, 11) is -1.05. The summed E-state index contributed by atoms with van der Waals surface area (Å²) in [5.41, 5.74) is 1.17. The van der Waals surface area contributed by atoms with E-state index in [4.69, 9.17) is 18.9 Å². The van der Waals surface area contributed by atoms with E-state index in [1.807, 2.05) is 18.2 Å². The minimum Gasteiger partial charge on any atom is -0.374 e. The SMILES string of the molecule is C[Si](C)(C)CCOCO[C@@H](/C=C\C[C@H]1CO1)COCc1ccccc1. The lowest BCUT2D eigenvalue weighted by molar-refractivity contribution is -0.0936. The molecule has 25 heavy (non-hydrogen) atoms. The molecule has 1 aliphatic heterocycles. The van der Waals surface area contributed by atoms with Gasteiger partial charge in [0, 0.05) is 14.7 Å². The normalized spacial score (nSPS) is 18.6. The Labute approximate surface area is 153 Å². The van der Waals surface area contributed by atoms with Crippen LogP contribution in [-0.2, 0) is 25.6 Å². The molecule has 1 aromatic rings. The van der Waals surface area contributed by atoms with Crippen LogP contribution in [0.4, 0.5) is 0 Å². The Kier molecular flexibility index (Phi) is 8.85. The summed E-state index contributed by atoms with van der Waals surface area (Å²) in [6.07, 6.45) is 5.43. The molecule has 0 aliphatic carbocycles. The maximum atomic E-state index is 5.84. The van der Waals surface area contributed by atoms with Gasteiger partial charge in [0.05, 0.1) is 25.9 Å². The molecule has 4 nitrogen and oxygen atoms in total. The molecule has 2 atom stereocenters. The van der Waals surface area contributed by atoms with E-state index in [0.29, 0.717) is 26.1 Å². The van der Waals surface area contributed by atoms with E-state index >= 15 is 0 Å². The topological polar surface area (TPSA) is 40.2 Å². The average Bonchev–Trinajstić information content (AvgIpc) is 3.38. The third-order valence-electron chi connectivity index (χ3n) is 3.91. The van der Waals surface area contributed by atoms with Gasteiger partial charge in [0.15, 0.2) is 0 Å². The summed E-state index contributed by atoms with van der Waals surface area (Å²) in [5.74, 6) is 0. The third kappa shape index (κ3) is 10.6. The molecule has 2 rings (SSSR count). The standard InChI is InChI=1S/C20H32O4Si/c1-25(2,3)13-12-21-17-24-19(10-7-11-20-16-23-20)15-22-14-18-8-5-4-6-9-18/h4-10,19-20H,11-17H2,1-3H3/b10-7-/t19-,20-/m0/s1. The summed E-state index contributed by atoms with van der Waals surface area (Å²) < 4.78 is 22.5. The van der Waals surface area contributed by atoms with Crippen molar-refractivity contribution in [2.75, 3.05) is 26.6 Å². The zero-order valence-corrected chi connectivity index (χ0v) is 16.8. The van der Waals surface area contributed by atoms with Crippen LogP contribution in [-0.4, -0.2) is 46.9 Å². The van der Waals surface area contributed by atoms with E-state index < -0.39 is 8.07 Å². The summed E-state index contributed by atoms with van der Waals surface area (Å²) in [5, 5.41) is 0. The minimum absolute atomic E-state index is 0.0886. The van der Waals surface area contributed by atoms with Crippen molar-refractivity contribution in [3.63, 3.8) is 0 Å². The largest absolute Gasteiger partial charge is 0.374 e. The van der Waals surface area contributed by atoms with Gasteiger partial charge in [0.25, 0.3) is 0 Å². The van der Waals surface area contributed by atoms with Gasteiger partial charge < -0.3 is 18.9 Å². The molecule has 0 bridgehead atoms. The van der Waals surface area contributed by atoms with Crippen molar-refractivity contribution in [3.05, 3.63) is 48.0 Å². The van der Waals surface area contributed by atoms with Crippen LogP contribution in [0.3, 0.4) is 0 Å². The first-order valence-electron chi connectivity index (χ1n) is 9.12. The smallest absolute Gasteiger partial charge is 0.147 e. The highest BCUT2D eigenvalue weighted by atomic mass is 28.3. The Bertz CT molecular complexity index is 494. The molecule has 1 saturated heterocycles. The van der Waals surface area contributed by atoms with Gasteiger partial charge in [-0.05, 0) is 18.0 Å². The highest BCUT2D eigenvalue weighted by Crippen LogP contribution is 2.14. The van der Waals surface area contributed by atoms with E-state index in [2.05, 4.69) is 43.9 Å². The molecule has 0 spiro atoms. The van der Waals surface area contributed by atoms with Crippen LogP contribution in [0.15, 0.2) is 42.5 Å². The van der Waals surface area contributed by atoms with Crippen LogP contribution in [0.5, 0.6) is 0 Å². The number of hydrogen-bond acceptors (Lipinski definition) is 4. The summed E-state index contributed by atoms with van der Waals surface area (Å²) in [4.78, 5) is 0. The van der Waals surface area contributed by atoms with Crippen molar-refractivity contribution in [1.82, 2.24) is 0 Å². The van der Waals surface area contributed by atoms with Gasteiger partial charge in [-0.2, -0.15) is 0 Å². The number of hydrogen-bond donors (Lipinski definition) is 0. The molecular weight excluding hydrogens is 332 g/mol. The van der Waals surface area contributed by atoms with E-state index in [9.17, 15) is 0 Å². The zero-order valence-electron chi connectivity index (χ0n) is 15.8. The molecule has 1 fully saturated rings. The summed E-state index contributed by atoms with van der Waals surface area (Å²) >= 11 is 0. The lowest BCUT2D eigenvalue weighted by Gasteiger charge is -2.17. The Hall–Kier alpha value is -0.983. The molecule has 0 aromatic heterocycles. The van der Waals surface area contributed by atoms with Crippen LogP contribution in [0.1, 0.15) is 12.0 Å². The van der Waals surface area contributed by atoms with Gasteiger partial charge in [-0.25, -0.2) is 0 Å². The van der Waals surface area contributed by atoms with Crippen LogP contribution >= 0.6 is 0 Å². The zero-order chi connectivity index (χ0) is 18.0. The summed E-state index contributed by atoms with van der Waals surface area (Å²) in [6.45, 7) is 10.1. The second-order valence-electron chi connectivity index (χ2n) is 7.66. The lowest BCUT2D eigenvalue weighted by Crippen LogP contribution is -2.23. The fourth-order valence-corrected chi connectivity index (χ4v) is 2.94. The molecule has 0 radical (unpaired) electrons. The first kappa shape index (κ1) is 20.3. The molecule has 1 aliphatic rings. The molecule has 0 N–H and O–H groups in total. The molecule has 0 amide bonds. The fraction of sp³-hybridized carbons (Fsp3) is 0.600. The van der Waals surface area contributed by atoms with Crippen molar-refractivity contribution in [1.29, 1.82) is 0 Å². The average molecular weight is 365 g/mol. The van der Waals surface area contributed by atoms with E-state index in [1.165, 1.54) is 5.56 Å². The molecule has 0 saturated carbocycles. The molecular formula is C20H32O4Si. The van der Waals surface area contributed by atoms with Gasteiger partial charge in [-0.1, -0.05) is 62.1 Å². The van der Waals surface area contributed by atoms with Gasteiger partial charge in [0.2, 0.25) is 0 Å². The van der Waals surface area contributed by atoms with Crippen molar-refractivity contribution in [2.24, 2.45) is 0 Å². The molecule has 1 heterocycles. The van der Waals surface area contributed by atoms with Crippen molar-refractivity contribution in [3.8, 4) is 0 Å². The predicted molar refractivity (Wildman–Crippen MR) is 103 cm³/mol. The van der Waals surface area contributed by atoms with E-state index in [0.717, 1.165) is 25.7 Å². The van der Waals surface area contributed by atoms with Crippen molar-refractivity contribution < 1.29 is 18.9 Å². The maximum Gasteiger partial charge on any atom is 0.147 e. The van der Waals surface area contributed by atoms with Crippen LogP contribution < -0.4 is 0 Å². The van der Waals surface area contributed by atoms with Crippen LogP contribution in [0.2, 0.25) is 25.7 Å². The third-order valence-corrected chi connectivity index (χ3v) is 5.61. The Morgan fingerprint density at radius 3 is 2.64 bits per heavy atom. The Balaban J connectivity index is 1.67. The van der Waals surface area contributed by atoms with Gasteiger partial charge >= 0.3 is 0 Å². The number of benzene rings is 1. The van der Waals surface area contributed by atoms with E-state index in [1.54, 1.807) is 0 Å². The molecule has 0 unspecified atom stereocenters. The molecule has 5 heteroatoms. The van der Waals surface area contributed by atoms with Gasteiger partial charge in [0.1, 0.15) is 12.9 Å². The quantitative estimate of drug-likeness (QED) is 0.172. The predicted octanol–water partition coefficient (Wildman–Crippen LogP) is 4.25. The minimum atomic E-state index is -1.05. The van der Waals surface area contributed by atoms with Crippen molar-refractivity contribution in [2.45, 2.75) is 50.9 Å². The first-order valence-corrected chi connectivity index (χ1v) is 12.8.